The highest BCUT2D eigenvalue weighted by Gasteiger charge is 2.32. The number of halogens is 8. The van der Waals surface area contributed by atoms with Gasteiger partial charge in [-0.25, -0.2) is 0 Å². The van der Waals surface area contributed by atoms with Gasteiger partial charge in [0.15, 0.2) is 0 Å². The van der Waals surface area contributed by atoms with Gasteiger partial charge in [0.05, 0.1) is 17.7 Å². The second kappa shape index (κ2) is 11.9. The second-order valence-corrected chi connectivity index (χ2v) is 10.2. The Hall–Kier alpha value is -4.14. The van der Waals surface area contributed by atoms with Crippen molar-refractivity contribution in [3.05, 3.63) is 119 Å². The molecule has 0 bridgehead atoms. The van der Waals surface area contributed by atoms with E-state index >= 15 is 0 Å². The van der Waals surface area contributed by atoms with Gasteiger partial charge in [0.1, 0.15) is 11.5 Å². The van der Waals surface area contributed by atoms with E-state index in [2.05, 4.69) is 4.74 Å². The van der Waals surface area contributed by atoms with Crippen LogP contribution in [0.2, 0.25) is 10.0 Å². The van der Waals surface area contributed by atoms with Crippen molar-refractivity contribution in [2.24, 2.45) is 0 Å². The lowest BCUT2D eigenvalue weighted by Crippen LogP contribution is -2.16. The van der Waals surface area contributed by atoms with Crippen LogP contribution < -0.4 is 9.47 Å². The summed E-state index contributed by atoms with van der Waals surface area (Å²) in [7, 11) is 1.51. The molecular formula is C33H20Cl2F6O2. The van der Waals surface area contributed by atoms with Crippen molar-refractivity contribution in [3.8, 4) is 56.0 Å². The number of ether oxygens (including phenoxy) is 2. The molecule has 0 amide bonds. The summed E-state index contributed by atoms with van der Waals surface area (Å²) in [5, 5.41) is 0.142. The topological polar surface area (TPSA) is 18.5 Å². The largest absolute Gasteiger partial charge is 0.573 e. The molecular weight excluding hydrogens is 613 g/mol. The Morgan fingerprint density at radius 1 is 0.558 bits per heavy atom. The minimum absolute atomic E-state index is 0.171. The normalized spacial score (nSPS) is 11.8. The number of methoxy groups -OCH3 is 1. The van der Waals surface area contributed by atoms with Gasteiger partial charge in [0.25, 0.3) is 0 Å². The molecule has 0 radical (unpaired) electrons. The Morgan fingerprint density at radius 2 is 1.14 bits per heavy atom. The third-order valence-corrected chi connectivity index (χ3v) is 7.40. The van der Waals surface area contributed by atoms with Crippen LogP contribution >= 0.6 is 23.2 Å². The van der Waals surface area contributed by atoms with Gasteiger partial charge in [-0.1, -0.05) is 83.9 Å². The van der Waals surface area contributed by atoms with E-state index in [9.17, 15) is 26.3 Å². The number of alkyl halides is 6. The molecule has 0 unspecified atom stereocenters. The summed E-state index contributed by atoms with van der Waals surface area (Å²) >= 11 is 13.6. The lowest BCUT2D eigenvalue weighted by atomic mass is 9.84. The number of rotatable bonds is 6. The Balaban J connectivity index is 1.86. The molecule has 0 saturated carbocycles. The zero-order valence-corrected chi connectivity index (χ0v) is 23.7. The SMILES string of the molecule is COc1ccc(-c2c(Cl)c(-c3ccccc3)cc(-c3ccc(C(F)(F)F)cc3Cl)c2-c2ccc(OC(F)(F)F)cc2)cc1. The molecule has 43 heavy (non-hydrogen) atoms. The minimum Gasteiger partial charge on any atom is -0.497 e. The first-order valence-corrected chi connectivity index (χ1v) is 13.4. The van der Waals surface area contributed by atoms with Gasteiger partial charge in [-0.3, -0.25) is 0 Å². The van der Waals surface area contributed by atoms with E-state index in [0.717, 1.165) is 29.8 Å². The van der Waals surface area contributed by atoms with E-state index in [0.29, 0.717) is 44.2 Å². The summed E-state index contributed by atoms with van der Waals surface area (Å²) in [4.78, 5) is 0. The van der Waals surface area contributed by atoms with Crippen LogP contribution in [0, 0.1) is 0 Å². The first-order chi connectivity index (χ1) is 20.4. The Bertz CT molecular complexity index is 1750. The van der Waals surface area contributed by atoms with Crippen molar-refractivity contribution in [2.45, 2.75) is 12.5 Å². The quantitative estimate of drug-likeness (QED) is 0.173. The van der Waals surface area contributed by atoms with Crippen LogP contribution in [-0.4, -0.2) is 13.5 Å². The Kier molecular flexibility index (Phi) is 8.36. The van der Waals surface area contributed by atoms with Crippen molar-refractivity contribution in [1.29, 1.82) is 0 Å². The second-order valence-electron chi connectivity index (χ2n) is 9.39. The average molecular weight is 633 g/mol. The first-order valence-electron chi connectivity index (χ1n) is 12.7. The maximum atomic E-state index is 13.5. The van der Waals surface area contributed by atoms with Crippen LogP contribution in [0.3, 0.4) is 0 Å². The molecule has 0 heterocycles. The summed E-state index contributed by atoms with van der Waals surface area (Å²) in [5.41, 5.74) is 3.03. The van der Waals surface area contributed by atoms with Gasteiger partial charge >= 0.3 is 12.5 Å². The van der Waals surface area contributed by atoms with Crippen LogP contribution in [0.5, 0.6) is 11.5 Å². The van der Waals surface area contributed by atoms with Crippen LogP contribution in [0.25, 0.3) is 44.5 Å². The van der Waals surface area contributed by atoms with E-state index < -0.39 is 23.9 Å². The van der Waals surface area contributed by atoms with Crippen LogP contribution in [0.15, 0.2) is 103 Å². The monoisotopic (exact) mass is 632 g/mol. The Morgan fingerprint density at radius 3 is 1.67 bits per heavy atom. The van der Waals surface area contributed by atoms with Crippen LogP contribution in [0.4, 0.5) is 26.3 Å². The molecule has 220 valence electrons. The third-order valence-electron chi connectivity index (χ3n) is 6.69. The molecule has 0 spiro atoms. The third kappa shape index (κ3) is 6.60. The molecule has 0 fully saturated rings. The maximum Gasteiger partial charge on any atom is 0.573 e. The molecule has 0 aliphatic rings. The number of benzene rings is 5. The molecule has 5 rings (SSSR count). The fraction of sp³-hybridized carbons (Fsp3) is 0.0909. The zero-order valence-electron chi connectivity index (χ0n) is 22.2. The van der Waals surface area contributed by atoms with Crippen molar-refractivity contribution in [1.82, 2.24) is 0 Å². The van der Waals surface area contributed by atoms with E-state index in [1.54, 1.807) is 30.3 Å². The average Bonchev–Trinajstić information content (AvgIpc) is 2.97. The summed E-state index contributed by atoms with van der Waals surface area (Å²) in [6.07, 6.45) is -9.52. The van der Waals surface area contributed by atoms with Crippen molar-refractivity contribution >= 4 is 23.2 Å². The molecule has 5 aromatic rings. The molecule has 0 aliphatic heterocycles. The smallest absolute Gasteiger partial charge is 0.497 e. The first kappa shape index (κ1) is 30.3. The zero-order chi connectivity index (χ0) is 30.9. The minimum atomic E-state index is -4.89. The molecule has 0 aromatic heterocycles. The molecule has 0 saturated heterocycles. The predicted molar refractivity (Wildman–Crippen MR) is 156 cm³/mol. The Labute approximate surface area is 253 Å². The fourth-order valence-electron chi connectivity index (χ4n) is 4.76. The highest BCUT2D eigenvalue weighted by molar-refractivity contribution is 6.38. The van der Waals surface area contributed by atoms with Gasteiger partial charge in [0.2, 0.25) is 0 Å². The molecule has 10 heteroatoms. The van der Waals surface area contributed by atoms with Gasteiger partial charge in [-0.15, -0.1) is 13.2 Å². The number of hydrogen-bond donors (Lipinski definition) is 0. The molecule has 2 nitrogen and oxygen atoms in total. The van der Waals surface area contributed by atoms with Gasteiger partial charge < -0.3 is 9.47 Å². The summed E-state index contributed by atoms with van der Waals surface area (Å²) in [6.45, 7) is 0. The number of hydrogen-bond acceptors (Lipinski definition) is 2. The lowest BCUT2D eigenvalue weighted by molar-refractivity contribution is -0.274. The lowest BCUT2D eigenvalue weighted by Gasteiger charge is -2.22. The van der Waals surface area contributed by atoms with E-state index in [-0.39, 0.29) is 10.6 Å². The maximum absolute atomic E-state index is 13.5. The van der Waals surface area contributed by atoms with Gasteiger partial charge in [-0.05, 0) is 70.3 Å². The van der Waals surface area contributed by atoms with Crippen molar-refractivity contribution < 1.29 is 35.8 Å². The molecule has 5 aromatic carbocycles. The van der Waals surface area contributed by atoms with E-state index in [1.807, 2.05) is 30.3 Å². The van der Waals surface area contributed by atoms with Crippen LogP contribution in [-0.2, 0) is 6.18 Å². The molecule has 0 aliphatic carbocycles. The summed E-state index contributed by atoms with van der Waals surface area (Å²) < 4.78 is 88.5. The van der Waals surface area contributed by atoms with E-state index in [1.165, 1.54) is 25.3 Å². The van der Waals surface area contributed by atoms with Crippen LogP contribution in [0.1, 0.15) is 5.56 Å². The van der Waals surface area contributed by atoms with Crippen molar-refractivity contribution in [2.75, 3.05) is 7.11 Å². The summed E-state index contributed by atoms with van der Waals surface area (Å²) in [6, 6.07) is 26.0. The fourth-order valence-corrected chi connectivity index (χ4v) is 5.41. The standard InChI is InChI=1S/C33H20Cl2F6O2/c1-42-23-12-7-21(8-13-23)30-29(20-9-14-24(15-10-20)43-33(39,40)41)27(18-26(31(30)35)19-5-3-2-4-6-19)25-16-11-22(17-28(25)34)32(36,37)38/h2-18H,1H3. The molecule has 0 atom stereocenters. The van der Waals surface area contributed by atoms with E-state index in [4.69, 9.17) is 27.9 Å². The predicted octanol–water partition coefficient (Wildman–Crippen LogP) is 11.6. The summed E-state index contributed by atoms with van der Waals surface area (Å²) in [5.74, 6) is 0.128. The van der Waals surface area contributed by atoms with Gasteiger partial charge in [-0.2, -0.15) is 13.2 Å². The molecule has 0 N–H and O–H groups in total. The van der Waals surface area contributed by atoms with Crippen molar-refractivity contribution in [3.63, 3.8) is 0 Å². The van der Waals surface area contributed by atoms with Gasteiger partial charge in [0, 0.05) is 21.7 Å². The highest BCUT2D eigenvalue weighted by Crippen LogP contribution is 2.50. The highest BCUT2D eigenvalue weighted by atomic mass is 35.5.